The van der Waals surface area contributed by atoms with Gasteiger partial charge in [0, 0.05) is 31.7 Å². The predicted molar refractivity (Wildman–Crippen MR) is 114 cm³/mol. The van der Waals surface area contributed by atoms with Crippen LogP contribution in [0, 0.1) is 11.6 Å². The van der Waals surface area contributed by atoms with E-state index in [2.05, 4.69) is 4.90 Å². The molecule has 8 heteroatoms. The number of ketones is 1. The SMILES string of the molecule is O=C1C(=O)N(CCCN2CCOCC2)[C@@H](c2ccc(F)cc2)C1=C(O)c1ccc(F)cc1. The summed E-state index contributed by atoms with van der Waals surface area (Å²) in [6, 6.07) is 9.67. The van der Waals surface area contributed by atoms with Crippen LogP contribution in [0.5, 0.6) is 0 Å². The highest BCUT2D eigenvalue weighted by Gasteiger charge is 2.45. The van der Waals surface area contributed by atoms with Crippen molar-refractivity contribution in [1.29, 1.82) is 0 Å². The minimum atomic E-state index is -0.856. The van der Waals surface area contributed by atoms with Gasteiger partial charge < -0.3 is 14.7 Å². The van der Waals surface area contributed by atoms with E-state index >= 15 is 0 Å². The van der Waals surface area contributed by atoms with Gasteiger partial charge in [-0.05, 0) is 48.4 Å². The van der Waals surface area contributed by atoms with Crippen molar-refractivity contribution in [3.8, 4) is 0 Å². The largest absolute Gasteiger partial charge is 0.507 e. The lowest BCUT2D eigenvalue weighted by Crippen LogP contribution is -2.38. The Balaban J connectivity index is 1.66. The Labute approximate surface area is 184 Å². The van der Waals surface area contributed by atoms with Gasteiger partial charge in [0.2, 0.25) is 0 Å². The van der Waals surface area contributed by atoms with Crippen LogP contribution in [0.4, 0.5) is 8.78 Å². The molecule has 1 N–H and O–H groups in total. The molecule has 1 amide bonds. The molecule has 2 heterocycles. The molecular weight excluding hydrogens is 418 g/mol. The first kappa shape index (κ1) is 22.1. The average molecular weight is 442 g/mol. The van der Waals surface area contributed by atoms with E-state index in [9.17, 15) is 23.5 Å². The number of amides is 1. The van der Waals surface area contributed by atoms with E-state index in [-0.39, 0.29) is 16.9 Å². The molecule has 2 aliphatic rings. The number of morpholine rings is 1. The lowest BCUT2D eigenvalue weighted by atomic mass is 9.95. The van der Waals surface area contributed by atoms with E-state index in [1.165, 1.54) is 53.4 Å². The molecule has 1 atom stereocenters. The monoisotopic (exact) mass is 442 g/mol. The van der Waals surface area contributed by atoms with E-state index in [1.807, 2.05) is 0 Å². The van der Waals surface area contributed by atoms with Gasteiger partial charge in [-0.1, -0.05) is 12.1 Å². The average Bonchev–Trinajstić information content (AvgIpc) is 3.05. The molecule has 0 aromatic heterocycles. The van der Waals surface area contributed by atoms with Crippen molar-refractivity contribution in [3.05, 3.63) is 76.9 Å². The van der Waals surface area contributed by atoms with Crippen molar-refractivity contribution in [1.82, 2.24) is 9.80 Å². The third-order valence-electron chi connectivity index (χ3n) is 5.82. The summed E-state index contributed by atoms with van der Waals surface area (Å²) in [5, 5.41) is 10.9. The Hall–Kier alpha value is -3.10. The van der Waals surface area contributed by atoms with Crippen LogP contribution in [0.25, 0.3) is 5.76 Å². The summed E-state index contributed by atoms with van der Waals surface area (Å²) in [5.74, 6) is -2.84. The second-order valence-corrected chi connectivity index (χ2v) is 7.86. The molecule has 168 valence electrons. The van der Waals surface area contributed by atoms with Crippen molar-refractivity contribution in [2.45, 2.75) is 12.5 Å². The number of aliphatic hydroxyl groups excluding tert-OH is 1. The Morgan fingerprint density at radius 3 is 2.16 bits per heavy atom. The number of carbonyl (C=O) groups excluding carboxylic acids is 2. The highest BCUT2D eigenvalue weighted by molar-refractivity contribution is 6.46. The zero-order valence-electron chi connectivity index (χ0n) is 17.5. The number of benzene rings is 2. The summed E-state index contributed by atoms with van der Waals surface area (Å²) in [7, 11) is 0. The summed E-state index contributed by atoms with van der Waals surface area (Å²) >= 11 is 0. The number of likely N-dealkylation sites (tertiary alicyclic amines) is 1. The molecule has 6 nitrogen and oxygen atoms in total. The van der Waals surface area contributed by atoms with Crippen molar-refractivity contribution >= 4 is 17.4 Å². The van der Waals surface area contributed by atoms with Crippen LogP contribution in [0.15, 0.2) is 54.1 Å². The third kappa shape index (κ3) is 4.56. The maximum absolute atomic E-state index is 13.5. The maximum atomic E-state index is 13.5. The van der Waals surface area contributed by atoms with Gasteiger partial charge in [-0.3, -0.25) is 14.5 Å². The molecule has 2 aliphatic heterocycles. The summed E-state index contributed by atoms with van der Waals surface area (Å²) in [6.45, 7) is 3.98. The van der Waals surface area contributed by atoms with Gasteiger partial charge in [0.15, 0.2) is 0 Å². The fraction of sp³-hybridized carbons (Fsp3) is 0.333. The topological polar surface area (TPSA) is 70.1 Å². The van der Waals surface area contributed by atoms with Gasteiger partial charge in [0.25, 0.3) is 11.7 Å². The van der Waals surface area contributed by atoms with Crippen LogP contribution in [-0.4, -0.2) is 66.0 Å². The van der Waals surface area contributed by atoms with Crippen LogP contribution in [0.1, 0.15) is 23.6 Å². The second-order valence-electron chi connectivity index (χ2n) is 7.86. The number of Topliss-reactive ketones (excluding diaryl/α,β-unsaturated/α-hetero) is 1. The molecule has 4 rings (SSSR count). The highest BCUT2D eigenvalue weighted by atomic mass is 19.1. The normalized spacial score (nSPS) is 21.3. The molecule has 2 aromatic rings. The van der Waals surface area contributed by atoms with E-state index < -0.39 is 29.4 Å². The van der Waals surface area contributed by atoms with Gasteiger partial charge in [0.1, 0.15) is 17.4 Å². The van der Waals surface area contributed by atoms with Crippen molar-refractivity contribution in [2.24, 2.45) is 0 Å². The lowest BCUT2D eigenvalue weighted by Gasteiger charge is -2.29. The van der Waals surface area contributed by atoms with Gasteiger partial charge in [0.05, 0.1) is 24.8 Å². The quantitative estimate of drug-likeness (QED) is 0.423. The van der Waals surface area contributed by atoms with E-state index in [4.69, 9.17) is 4.74 Å². The third-order valence-corrected chi connectivity index (χ3v) is 5.82. The minimum absolute atomic E-state index is 0.0837. The van der Waals surface area contributed by atoms with Crippen LogP contribution < -0.4 is 0 Å². The maximum Gasteiger partial charge on any atom is 0.295 e. The summed E-state index contributed by atoms with van der Waals surface area (Å²) in [5.41, 5.74) is 0.657. The zero-order valence-corrected chi connectivity index (χ0v) is 17.5. The lowest BCUT2D eigenvalue weighted by molar-refractivity contribution is -0.140. The molecular formula is C24H24F2N2O4. The number of nitrogens with zero attached hydrogens (tertiary/aromatic N) is 2. The second kappa shape index (κ2) is 9.58. The first-order valence-corrected chi connectivity index (χ1v) is 10.6. The van der Waals surface area contributed by atoms with E-state index in [0.717, 1.165) is 19.6 Å². The first-order valence-electron chi connectivity index (χ1n) is 10.6. The smallest absolute Gasteiger partial charge is 0.295 e. The number of hydrogen-bond acceptors (Lipinski definition) is 5. The Kier molecular flexibility index (Phi) is 6.62. The highest BCUT2D eigenvalue weighted by Crippen LogP contribution is 2.39. The number of aliphatic hydroxyl groups is 1. The molecule has 0 saturated carbocycles. The fourth-order valence-corrected chi connectivity index (χ4v) is 4.15. The summed E-state index contributed by atoms with van der Waals surface area (Å²) in [4.78, 5) is 29.5. The molecule has 0 bridgehead atoms. The first-order chi connectivity index (χ1) is 15.5. The molecule has 2 aromatic carbocycles. The molecule has 2 fully saturated rings. The Morgan fingerprint density at radius 1 is 0.938 bits per heavy atom. The molecule has 0 unspecified atom stereocenters. The van der Waals surface area contributed by atoms with Crippen molar-refractivity contribution in [2.75, 3.05) is 39.4 Å². The van der Waals surface area contributed by atoms with E-state index in [0.29, 0.717) is 31.7 Å². The molecule has 0 spiro atoms. The number of rotatable bonds is 6. The fourth-order valence-electron chi connectivity index (χ4n) is 4.15. The summed E-state index contributed by atoms with van der Waals surface area (Å²) in [6.07, 6.45) is 0.626. The minimum Gasteiger partial charge on any atom is -0.507 e. The molecule has 0 aliphatic carbocycles. The van der Waals surface area contributed by atoms with Crippen LogP contribution >= 0.6 is 0 Å². The van der Waals surface area contributed by atoms with Crippen molar-refractivity contribution < 1.29 is 28.2 Å². The van der Waals surface area contributed by atoms with Crippen LogP contribution in [0.2, 0.25) is 0 Å². The number of halogens is 2. The van der Waals surface area contributed by atoms with Gasteiger partial charge in [-0.15, -0.1) is 0 Å². The van der Waals surface area contributed by atoms with Gasteiger partial charge >= 0.3 is 0 Å². The molecule has 32 heavy (non-hydrogen) atoms. The van der Waals surface area contributed by atoms with Crippen LogP contribution in [0.3, 0.4) is 0 Å². The Bertz CT molecular complexity index is 1020. The molecule has 0 radical (unpaired) electrons. The molecule has 2 saturated heterocycles. The number of ether oxygens (including phenoxy) is 1. The predicted octanol–water partition coefficient (Wildman–Crippen LogP) is 3.11. The summed E-state index contributed by atoms with van der Waals surface area (Å²) < 4.78 is 32.2. The zero-order chi connectivity index (χ0) is 22.7. The van der Waals surface area contributed by atoms with Crippen LogP contribution in [-0.2, 0) is 14.3 Å². The van der Waals surface area contributed by atoms with E-state index in [1.54, 1.807) is 0 Å². The number of carbonyl (C=O) groups is 2. The standard InChI is InChI=1S/C24H24F2N2O4/c25-18-6-2-16(3-7-18)21-20(22(29)17-4-8-19(26)9-5-17)23(30)24(31)28(21)11-1-10-27-12-14-32-15-13-27/h2-9,21,29H,1,10-15H2/t21-/m0/s1. The van der Waals surface area contributed by atoms with Gasteiger partial charge in [-0.25, -0.2) is 8.78 Å². The Morgan fingerprint density at radius 2 is 1.53 bits per heavy atom. The number of hydrogen-bond donors (Lipinski definition) is 1. The van der Waals surface area contributed by atoms with Gasteiger partial charge in [-0.2, -0.15) is 0 Å². The van der Waals surface area contributed by atoms with Crippen molar-refractivity contribution in [3.63, 3.8) is 0 Å².